The van der Waals surface area contributed by atoms with E-state index in [9.17, 15) is 9.59 Å². The van der Waals surface area contributed by atoms with Crippen molar-refractivity contribution in [2.75, 3.05) is 5.32 Å². The molecule has 3 rings (SSSR count). The third-order valence-corrected chi connectivity index (χ3v) is 5.23. The molecule has 1 amide bonds. The van der Waals surface area contributed by atoms with Crippen LogP contribution in [0.5, 0.6) is 0 Å². The average Bonchev–Trinajstić information content (AvgIpc) is 2.70. The Balaban J connectivity index is 1.89. The average molecular weight is 392 g/mol. The normalized spacial score (nSPS) is 11.2. The molecule has 1 aromatic heterocycles. The van der Waals surface area contributed by atoms with Gasteiger partial charge in [0.15, 0.2) is 0 Å². The SMILES string of the molecule is CCCC(CCC)C(=O)Nc1ccc2c(Cc3cccc(C)c3)n[nH]c(=O)c2c1. The Kier molecular flexibility index (Phi) is 6.81. The van der Waals surface area contributed by atoms with Crippen LogP contribution in [0.3, 0.4) is 0 Å². The predicted molar refractivity (Wildman–Crippen MR) is 118 cm³/mol. The number of hydrogen-bond donors (Lipinski definition) is 2. The van der Waals surface area contributed by atoms with Crippen molar-refractivity contribution in [3.63, 3.8) is 0 Å². The monoisotopic (exact) mass is 391 g/mol. The lowest BCUT2D eigenvalue weighted by atomic mass is 9.97. The Morgan fingerprint density at radius 3 is 2.52 bits per heavy atom. The second kappa shape index (κ2) is 9.50. The van der Waals surface area contributed by atoms with Crippen LogP contribution >= 0.6 is 0 Å². The summed E-state index contributed by atoms with van der Waals surface area (Å²) in [6, 6.07) is 13.7. The fourth-order valence-corrected chi connectivity index (χ4v) is 3.80. The highest BCUT2D eigenvalue weighted by molar-refractivity contribution is 5.95. The van der Waals surface area contributed by atoms with Gasteiger partial charge >= 0.3 is 0 Å². The number of anilines is 1. The maximum atomic E-state index is 12.6. The number of carbonyl (C=O) groups excluding carboxylic acids is 1. The van der Waals surface area contributed by atoms with Gasteiger partial charge in [-0.3, -0.25) is 9.59 Å². The first-order chi connectivity index (χ1) is 14.0. The number of carbonyl (C=O) groups is 1. The van der Waals surface area contributed by atoms with Gasteiger partial charge in [-0.25, -0.2) is 5.10 Å². The van der Waals surface area contributed by atoms with Crippen LogP contribution in [0.1, 0.15) is 56.4 Å². The van der Waals surface area contributed by atoms with Gasteiger partial charge in [-0.15, -0.1) is 0 Å². The molecule has 0 unspecified atom stereocenters. The zero-order valence-electron chi connectivity index (χ0n) is 17.4. The largest absolute Gasteiger partial charge is 0.326 e. The lowest BCUT2D eigenvalue weighted by Crippen LogP contribution is -2.23. The number of H-pyrrole nitrogens is 1. The first kappa shape index (κ1) is 20.8. The molecule has 152 valence electrons. The van der Waals surface area contributed by atoms with E-state index in [-0.39, 0.29) is 17.4 Å². The van der Waals surface area contributed by atoms with Crippen molar-refractivity contribution in [1.29, 1.82) is 0 Å². The van der Waals surface area contributed by atoms with Crippen molar-refractivity contribution < 1.29 is 4.79 Å². The Morgan fingerprint density at radius 1 is 1.07 bits per heavy atom. The zero-order valence-corrected chi connectivity index (χ0v) is 17.4. The van der Waals surface area contributed by atoms with E-state index in [1.807, 2.05) is 18.2 Å². The van der Waals surface area contributed by atoms with Crippen LogP contribution in [0.4, 0.5) is 5.69 Å². The molecule has 3 aromatic rings. The molecule has 29 heavy (non-hydrogen) atoms. The molecule has 0 aliphatic heterocycles. The minimum atomic E-state index is -0.247. The maximum absolute atomic E-state index is 12.6. The number of rotatable bonds is 8. The first-order valence-electron chi connectivity index (χ1n) is 10.4. The number of hydrogen-bond acceptors (Lipinski definition) is 3. The second-order valence-electron chi connectivity index (χ2n) is 7.69. The van der Waals surface area contributed by atoms with Crippen molar-refractivity contribution in [2.45, 2.75) is 52.9 Å². The van der Waals surface area contributed by atoms with Gasteiger partial charge < -0.3 is 5.32 Å². The molecule has 0 fully saturated rings. The van der Waals surface area contributed by atoms with Gasteiger partial charge in [0.25, 0.3) is 5.56 Å². The van der Waals surface area contributed by atoms with Crippen LogP contribution in [0.25, 0.3) is 10.8 Å². The number of benzene rings is 2. The van der Waals surface area contributed by atoms with Crippen molar-refractivity contribution >= 4 is 22.4 Å². The minimum Gasteiger partial charge on any atom is -0.326 e. The second-order valence-corrected chi connectivity index (χ2v) is 7.69. The third-order valence-electron chi connectivity index (χ3n) is 5.23. The molecule has 1 heterocycles. The van der Waals surface area contributed by atoms with Gasteiger partial charge in [-0.1, -0.05) is 62.6 Å². The highest BCUT2D eigenvalue weighted by atomic mass is 16.2. The number of fused-ring (bicyclic) bond motifs is 1. The summed E-state index contributed by atoms with van der Waals surface area (Å²) in [5.74, 6) is 0.0341. The number of nitrogens with one attached hydrogen (secondary N) is 2. The molecule has 5 heteroatoms. The van der Waals surface area contributed by atoms with Crippen LogP contribution in [0.15, 0.2) is 47.3 Å². The number of aryl methyl sites for hydroxylation is 1. The van der Waals surface area contributed by atoms with Gasteiger partial charge in [0.1, 0.15) is 0 Å². The summed E-state index contributed by atoms with van der Waals surface area (Å²) >= 11 is 0. The lowest BCUT2D eigenvalue weighted by Gasteiger charge is -2.15. The quantitative estimate of drug-likeness (QED) is 0.569. The molecule has 5 nitrogen and oxygen atoms in total. The lowest BCUT2D eigenvalue weighted by molar-refractivity contribution is -0.120. The van der Waals surface area contributed by atoms with E-state index < -0.39 is 0 Å². The van der Waals surface area contributed by atoms with E-state index >= 15 is 0 Å². The highest BCUT2D eigenvalue weighted by Gasteiger charge is 2.17. The van der Waals surface area contributed by atoms with E-state index in [0.717, 1.165) is 42.3 Å². The molecular weight excluding hydrogens is 362 g/mol. The van der Waals surface area contributed by atoms with E-state index in [1.54, 1.807) is 6.07 Å². The number of aromatic amines is 1. The Morgan fingerprint density at radius 2 is 1.83 bits per heavy atom. The van der Waals surface area contributed by atoms with Gasteiger partial charge in [0.05, 0.1) is 11.1 Å². The Labute approximate surface area is 171 Å². The Bertz CT molecular complexity index is 1050. The summed E-state index contributed by atoms with van der Waals surface area (Å²) in [6.45, 7) is 6.24. The Hall–Kier alpha value is -2.95. The molecule has 0 radical (unpaired) electrons. The summed E-state index contributed by atoms with van der Waals surface area (Å²) in [5, 5.41) is 11.2. The smallest absolute Gasteiger partial charge is 0.272 e. The molecule has 2 N–H and O–H groups in total. The van der Waals surface area contributed by atoms with E-state index in [4.69, 9.17) is 0 Å². The van der Waals surface area contributed by atoms with Crippen LogP contribution < -0.4 is 10.9 Å². The topological polar surface area (TPSA) is 74.8 Å². The highest BCUT2D eigenvalue weighted by Crippen LogP contribution is 2.22. The van der Waals surface area contributed by atoms with Gasteiger partial charge in [-0.05, 0) is 37.5 Å². The number of amides is 1. The number of nitrogens with zero attached hydrogens (tertiary/aromatic N) is 1. The molecule has 0 spiro atoms. The van der Waals surface area contributed by atoms with Crippen LogP contribution in [0, 0.1) is 12.8 Å². The molecule has 0 bridgehead atoms. The number of aromatic nitrogens is 2. The zero-order chi connectivity index (χ0) is 20.8. The van der Waals surface area contributed by atoms with Crippen molar-refractivity contribution in [2.24, 2.45) is 5.92 Å². The molecular formula is C24H29N3O2. The van der Waals surface area contributed by atoms with E-state index in [1.165, 1.54) is 5.56 Å². The van der Waals surface area contributed by atoms with E-state index in [0.29, 0.717) is 17.5 Å². The molecule has 0 aliphatic carbocycles. The van der Waals surface area contributed by atoms with Gasteiger partial charge in [0.2, 0.25) is 5.91 Å². The first-order valence-corrected chi connectivity index (χ1v) is 10.4. The van der Waals surface area contributed by atoms with Crippen LogP contribution in [0.2, 0.25) is 0 Å². The van der Waals surface area contributed by atoms with Crippen molar-refractivity contribution in [1.82, 2.24) is 10.2 Å². The summed E-state index contributed by atoms with van der Waals surface area (Å²) in [6.07, 6.45) is 4.33. The molecule has 0 saturated carbocycles. The standard InChI is InChI=1S/C24H29N3O2/c1-4-7-18(8-5-2)23(28)25-19-11-12-20-21(15-19)24(29)27-26-22(20)14-17-10-6-9-16(3)13-17/h6,9-13,15,18H,4-5,7-8,14H2,1-3H3,(H,25,28)(H,27,29). The summed E-state index contributed by atoms with van der Waals surface area (Å²) in [5.41, 5.74) is 3.55. The molecule has 2 aromatic carbocycles. The van der Waals surface area contributed by atoms with Crippen LogP contribution in [-0.4, -0.2) is 16.1 Å². The van der Waals surface area contributed by atoms with Gasteiger partial charge in [-0.2, -0.15) is 5.10 Å². The predicted octanol–water partition coefficient (Wildman–Crippen LogP) is 4.98. The molecule has 0 aliphatic rings. The molecule has 0 atom stereocenters. The van der Waals surface area contributed by atoms with Gasteiger partial charge in [0, 0.05) is 23.4 Å². The van der Waals surface area contributed by atoms with Crippen molar-refractivity contribution in [3.8, 4) is 0 Å². The molecule has 0 saturated heterocycles. The summed E-state index contributed by atoms with van der Waals surface area (Å²) < 4.78 is 0. The van der Waals surface area contributed by atoms with Crippen LogP contribution in [-0.2, 0) is 11.2 Å². The maximum Gasteiger partial charge on any atom is 0.272 e. The van der Waals surface area contributed by atoms with Crippen molar-refractivity contribution in [3.05, 3.63) is 69.6 Å². The minimum absolute atomic E-state index is 0.00769. The van der Waals surface area contributed by atoms with E-state index in [2.05, 4.69) is 54.5 Å². The summed E-state index contributed by atoms with van der Waals surface area (Å²) in [7, 11) is 0. The summed E-state index contributed by atoms with van der Waals surface area (Å²) in [4.78, 5) is 25.0. The fraction of sp³-hybridized carbons (Fsp3) is 0.375. The third kappa shape index (κ3) is 5.11. The fourth-order valence-electron chi connectivity index (χ4n) is 3.80.